The first kappa shape index (κ1) is 21.4. The number of nitrogens with zero attached hydrogens (tertiary/aromatic N) is 5. The Labute approximate surface area is 197 Å². The van der Waals surface area contributed by atoms with Crippen LogP contribution in [0.15, 0.2) is 71.5 Å². The number of rotatable bonds is 6. The highest BCUT2D eigenvalue weighted by Crippen LogP contribution is 2.42. The molecule has 0 aliphatic rings. The molecule has 2 aromatic carbocycles. The number of aromatic nitrogens is 5. The molecule has 170 valence electrons. The van der Waals surface area contributed by atoms with Gasteiger partial charge in [0.1, 0.15) is 17.8 Å². The molecule has 0 spiro atoms. The van der Waals surface area contributed by atoms with Crippen LogP contribution in [0.1, 0.15) is 12.8 Å². The van der Waals surface area contributed by atoms with Crippen molar-refractivity contribution in [3.63, 3.8) is 0 Å². The molecule has 0 bridgehead atoms. The van der Waals surface area contributed by atoms with Crippen LogP contribution < -0.4 is 11.1 Å². The molecule has 5 aromatic rings. The molecule has 3 N–H and O–H groups in total. The summed E-state index contributed by atoms with van der Waals surface area (Å²) in [6.45, 7) is 8.45. The maximum absolute atomic E-state index is 6.36. The summed E-state index contributed by atoms with van der Waals surface area (Å²) in [6, 6.07) is 16.4. The van der Waals surface area contributed by atoms with E-state index in [-0.39, 0.29) is 0 Å². The Hall–Kier alpha value is -4.46. The van der Waals surface area contributed by atoms with Gasteiger partial charge in [-0.15, -0.1) is 0 Å². The van der Waals surface area contributed by atoms with Gasteiger partial charge in [-0.05, 0) is 30.2 Å². The fourth-order valence-corrected chi connectivity index (χ4v) is 4.10. The highest BCUT2D eigenvalue weighted by molar-refractivity contribution is 6.07. The Morgan fingerprint density at radius 3 is 2.35 bits per heavy atom. The van der Waals surface area contributed by atoms with E-state index in [1.807, 2.05) is 38.2 Å². The summed E-state index contributed by atoms with van der Waals surface area (Å²) in [7, 11) is 2.00. The largest absolute Gasteiger partial charge is 0.383 e. The highest BCUT2D eigenvalue weighted by Gasteiger charge is 2.22. The number of nitrogen functional groups attached to an aromatic ring is 1. The minimum absolute atomic E-state index is 0.444. The zero-order valence-corrected chi connectivity index (χ0v) is 19.3. The fraction of sp³-hybridized carbons (Fsp3) is 0.154. The molecule has 0 saturated carbocycles. The van der Waals surface area contributed by atoms with Gasteiger partial charge in [-0.3, -0.25) is 0 Å². The summed E-state index contributed by atoms with van der Waals surface area (Å²) in [4.78, 5) is 13.1. The normalized spacial score (nSPS) is 11.1. The molecule has 0 fully saturated rings. The van der Waals surface area contributed by atoms with Crippen LogP contribution in [0.5, 0.6) is 0 Å². The molecule has 0 atom stereocenters. The van der Waals surface area contributed by atoms with Crippen LogP contribution in [0.3, 0.4) is 0 Å². The number of benzene rings is 2. The van der Waals surface area contributed by atoms with E-state index in [4.69, 9.17) is 10.3 Å². The van der Waals surface area contributed by atoms with Crippen LogP contribution in [0.2, 0.25) is 0 Å². The minimum Gasteiger partial charge on any atom is -0.383 e. The molecular formula is C26H25N7O. The zero-order chi connectivity index (χ0) is 23.8. The van der Waals surface area contributed by atoms with Gasteiger partial charge >= 0.3 is 0 Å². The van der Waals surface area contributed by atoms with Gasteiger partial charge < -0.3 is 20.1 Å². The molecule has 0 unspecified atom stereocenters. The van der Waals surface area contributed by atoms with Crippen molar-refractivity contribution < 1.29 is 4.52 Å². The summed E-state index contributed by atoms with van der Waals surface area (Å²) in [5.41, 5.74) is 14.2. The smallest absolute Gasteiger partial charge is 0.223 e. The van der Waals surface area contributed by atoms with Gasteiger partial charge in [0.15, 0.2) is 0 Å². The lowest BCUT2D eigenvalue weighted by molar-refractivity contribution is 0.394. The number of aryl methyl sites for hydroxylation is 2. The van der Waals surface area contributed by atoms with E-state index in [9.17, 15) is 0 Å². The van der Waals surface area contributed by atoms with E-state index < -0.39 is 0 Å². The predicted molar refractivity (Wildman–Crippen MR) is 135 cm³/mol. The van der Waals surface area contributed by atoms with Crippen LogP contribution in [-0.2, 0) is 7.05 Å². The Morgan fingerprint density at radius 2 is 1.71 bits per heavy atom. The molecule has 0 saturated heterocycles. The Balaban J connectivity index is 1.64. The van der Waals surface area contributed by atoms with E-state index >= 15 is 0 Å². The van der Waals surface area contributed by atoms with Gasteiger partial charge in [0.2, 0.25) is 11.7 Å². The Morgan fingerprint density at radius 1 is 1.03 bits per heavy atom. The summed E-state index contributed by atoms with van der Waals surface area (Å²) >= 11 is 0. The molecule has 8 nitrogen and oxygen atoms in total. The van der Waals surface area contributed by atoms with Crippen LogP contribution in [-0.4, -0.2) is 31.2 Å². The van der Waals surface area contributed by atoms with Crippen molar-refractivity contribution in [1.82, 2.24) is 24.7 Å². The molecule has 0 amide bonds. The van der Waals surface area contributed by atoms with Crippen LogP contribution in [0.4, 0.5) is 11.5 Å². The lowest BCUT2D eigenvalue weighted by Crippen LogP contribution is -2.01. The van der Waals surface area contributed by atoms with Gasteiger partial charge in [-0.2, -0.15) is 4.98 Å². The van der Waals surface area contributed by atoms with Gasteiger partial charge in [0.25, 0.3) is 0 Å². The molecule has 8 heteroatoms. The van der Waals surface area contributed by atoms with Crippen molar-refractivity contribution in [2.75, 3.05) is 17.6 Å². The molecule has 0 aliphatic carbocycles. The average Bonchev–Trinajstić information content (AvgIpc) is 3.40. The third-order valence-electron chi connectivity index (χ3n) is 5.71. The lowest BCUT2D eigenvalue weighted by atomic mass is 9.97. The summed E-state index contributed by atoms with van der Waals surface area (Å²) in [5.74, 6) is 1.53. The van der Waals surface area contributed by atoms with Crippen LogP contribution in [0.25, 0.3) is 44.8 Å². The monoisotopic (exact) mass is 451 g/mol. The Kier molecular flexibility index (Phi) is 5.33. The standard InChI is InChI=1S/C26H25N7O/c1-15(2)13-28-20-11-9-18(10-12-20)23-21(22-24(27)29-14-30-26(22)33(23)4)17-5-7-19(8-6-17)25-31-16(3)34-32-25/h5-12,14,28H,1,13H2,2-4H3,(H2,27,29,30). The summed E-state index contributed by atoms with van der Waals surface area (Å²) in [5, 5.41) is 8.22. The topological polar surface area (TPSA) is 108 Å². The van der Waals surface area contributed by atoms with Gasteiger partial charge in [-0.1, -0.05) is 53.7 Å². The molecule has 0 aliphatic heterocycles. The molecule has 0 radical (unpaired) electrons. The molecular weight excluding hydrogens is 426 g/mol. The van der Waals surface area contributed by atoms with Crippen molar-refractivity contribution >= 4 is 22.5 Å². The highest BCUT2D eigenvalue weighted by atomic mass is 16.5. The van der Waals surface area contributed by atoms with Gasteiger partial charge in [0.05, 0.1) is 11.1 Å². The van der Waals surface area contributed by atoms with Crippen molar-refractivity contribution in [1.29, 1.82) is 0 Å². The van der Waals surface area contributed by atoms with Gasteiger partial charge in [-0.25, -0.2) is 9.97 Å². The zero-order valence-electron chi connectivity index (χ0n) is 19.3. The van der Waals surface area contributed by atoms with Crippen molar-refractivity contribution in [3.8, 4) is 33.8 Å². The maximum atomic E-state index is 6.36. The first-order valence-electron chi connectivity index (χ1n) is 10.9. The number of hydrogen-bond donors (Lipinski definition) is 2. The van der Waals surface area contributed by atoms with Crippen LogP contribution >= 0.6 is 0 Å². The third kappa shape index (κ3) is 3.79. The molecule has 3 heterocycles. The Bertz CT molecular complexity index is 1500. The van der Waals surface area contributed by atoms with E-state index in [2.05, 4.69) is 60.8 Å². The van der Waals surface area contributed by atoms with E-state index in [1.54, 1.807) is 6.92 Å². The average molecular weight is 452 g/mol. The summed E-state index contributed by atoms with van der Waals surface area (Å²) < 4.78 is 7.18. The molecule has 5 rings (SSSR count). The quantitative estimate of drug-likeness (QED) is 0.340. The second-order valence-corrected chi connectivity index (χ2v) is 8.34. The fourth-order valence-electron chi connectivity index (χ4n) is 4.10. The molecule has 34 heavy (non-hydrogen) atoms. The van der Waals surface area contributed by atoms with E-state index in [0.29, 0.717) is 17.5 Å². The second kappa shape index (κ2) is 8.47. The van der Waals surface area contributed by atoms with E-state index in [0.717, 1.165) is 56.8 Å². The van der Waals surface area contributed by atoms with Crippen molar-refractivity contribution in [3.05, 3.63) is 72.9 Å². The van der Waals surface area contributed by atoms with Crippen molar-refractivity contribution in [2.24, 2.45) is 7.05 Å². The number of anilines is 2. The number of nitrogens with one attached hydrogen (secondary N) is 1. The minimum atomic E-state index is 0.444. The maximum Gasteiger partial charge on any atom is 0.223 e. The predicted octanol–water partition coefficient (Wildman–Crippen LogP) is 5.23. The SMILES string of the molecule is C=C(C)CNc1ccc(-c2c(-c3ccc(-c4noc(C)n4)cc3)c3c(N)ncnc3n2C)cc1. The van der Waals surface area contributed by atoms with Crippen LogP contribution in [0, 0.1) is 6.92 Å². The number of nitrogens with two attached hydrogens (primary N) is 1. The first-order valence-corrected chi connectivity index (χ1v) is 10.9. The number of fused-ring (bicyclic) bond motifs is 1. The molecule has 3 aromatic heterocycles. The first-order chi connectivity index (χ1) is 16.4. The van der Waals surface area contributed by atoms with Crippen molar-refractivity contribution in [2.45, 2.75) is 13.8 Å². The lowest BCUT2D eigenvalue weighted by Gasteiger charge is -2.11. The second-order valence-electron chi connectivity index (χ2n) is 8.34. The summed E-state index contributed by atoms with van der Waals surface area (Å²) in [6.07, 6.45) is 1.50. The van der Waals surface area contributed by atoms with E-state index in [1.165, 1.54) is 6.33 Å². The van der Waals surface area contributed by atoms with Gasteiger partial charge in [0, 0.05) is 37.3 Å². The number of hydrogen-bond acceptors (Lipinski definition) is 7. The third-order valence-corrected chi connectivity index (χ3v) is 5.71.